The van der Waals surface area contributed by atoms with Crippen LogP contribution in [0.25, 0.3) is 0 Å². The van der Waals surface area contributed by atoms with Crippen LogP contribution in [0.3, 0.4) is 0 Å². The molecule has 3 aromatic rings. The van der Waals surface area contributed by atoms with Gasteiger partial charge in [0.1, 0.15) is 0 Å². The number of nitrogens with one attached hydrogen (secondary N) is 1. The highest BCUT2D eigenvalue weighted by Gasteiger charge is 2.30. The molecule has 4 rings (SSSR count). The molecule has 0 saturated carbocycles. The first-order valence-electron chi connectivity index (χ1n) is 9.53. The third kappa shape index (κ3) is 4.23. The molecule has 10 heteroatoms. The molecule has 0 bridgehead atoms. The summed E-state index contributed by atoms with van der Waals surface area (Å²) >= 11 is 17.7. The molecule has 1 atom stereocenters. The second kappa shape index (κ2) is 8.94. The summed E-state index contributed by atoms with van der Waals surface area (Å²) in [5.41, 5.74) is 1.02. The maximum absolute atomic E-state index is 12.8. The van der Waals surface area contributed by atoms with Gasteiger partial charge in [0.05, 0.1) is 15.1 Å². The van der Waals surface area contributed by atoms with Gasteiger partial charge in [0.25, 0.3) is 5.91 Å². The van der Waals surface area contributed by atoms with Crippen molar-refractivity contribution in [2.45, 2.75) is 13.0 Å². The van der Waals surface area contributed by atoms with E-state index in [0.29, 0.717) is 11.1 Å². The Hall–Kier alpha value is -3.26. The molecule has 0 fully saturated rings. The highest BCUT2D eigenvalue weighted by Crippen LogP contribution is 2.32. The van der Waals surface area contributed by atoms with Crippen LogP contribution in [0.5, 0.6) is 0 Å². The van der Waals surface area contributed by atoms with Gasteiger partial charge in [-0.05, 0) is 25.1 Å². The summed E-state index contributed by atoms with van der Waals surface area (Å²) in [6.45, 7) is 1.35. The van der Waals surface area contributed by atoms with Crippen LogP contribution < -0.4 is 5.32 Å². The summed E-state index contributed by atoms with van der Waals surface area (Å²) in [6, 6.07) is 10.9. The summed E-state index contributed by atoms with van der Waals surface area (Å²) in [5, 5.41) is 2.37. The molecule has 1 aromatic heterocycles. The standard InChI is InChI=1S/C23H13Cl3N2O5/c1-10(33-23(32)19-18(26)17(25)16(24)9-27-19)22(31)28-11-6-7-14-15(8-11)21(30)13-5-3-2-4-12(13)20(14)29/h2-10H,1H3,(H,28,31). The smallest absolute Gasteiger partial charge is 0.359 e. The Bertz CT molecular complexity index is 1360. The first-order chi connectivity index (χ1) is 15.7. The number of hydrogen-bond acceptors (Lipinski definition) is 6. The lowest BCUT2D eigenvalue weighted by molar-refractivity contribution is -0.123. The van der Waals surface area contributed by atoms with Crippen LogP contribution >= 0.6 is 34.8 Å². The van der Waals surface area contributed by atoms with Gasteiger partial charge < -0.3 is 10.1 Å². The van der Waals surface area contributed by atoms with E-state index in [-0.39, 0.29) is 49.1 Å². The van der Waals surface area contributed by atoms with Gasteiger partial charge in [-0.25, -0.2) is 9.78 Å². The number of pyridine rings is 1. The van der Waals surface area contributed by atoms with Crippen LogP contribution in [0.2, 0.25) is 15.1 Å². The Morgan fingerprint density at radius 1 is 0.909 bits per heavy atom. The van der Waals surface area contributed by atoms with Gasteiger partial charge in [-0.1, -0.05) is 59.1 Å². The van der Waals surface area contributed by atoms with E-state index >= 15 is 0 Å². The van der Waals surface area contributed by atoms with Crippen molar-refractivity contribution < 1.29 is 23.9 Å². The molecule has 1 aliphatic carbocycles. The number of ether oxygens (including phenoxy) is 1. The van der Waals surface area contributed by atoms with Crippen LogP contribution in [0.1, 0.15) is 49.3 Å². The number of esters is 1. The number of carbonyl (C=O) groups excluding carboxylic acids is 4. The van der Waals surface area contributed by atoms with Crippen LogP contribution in [0, 0.1) is 0 Å². The molecule has 0 radical (unpaired) electrons. The molecular formula is C23H13Cl3N2O5. The van der Waals surface area contributed by atoms with E-state index in [9.17, 15) is 19.2 Å². The van der Waals surface area contributed by atoms with Gasteiger partial charge in [-0.3, -0.25) is 14.4 Å². The zero-order valence-corrected chi connectivity index (χ0v) is 19.1. The van der Waals surface area contributed by atoms with E-state index in [1.54, 1.807) is 24.3 Å². The molecule has 7 nitrogen and oxygen atoms in total. The van der Waals surface area contributed by atoms with Gasteiger partial charge in [-0.15, -0.1) is 0 Å². The Kier molecular flexibility index (Phi) is 6.21. The number of rotatable bonds is 4. The van der Waals surface area contributed by atoms with Crippen molar-refractivity contribution in [3.05, 3.63) is 91.7 Å². The molecule has 1 amide bonds. The maximum Gasteiger partial charge on any atom is 0.359 e. The van der Waals surface area contributed by atoms with E-state index in [2.05, 4.69) is 10.3 Å². The second-order valence-electron chi connectivity index (χ2n) is 7.08. The molecule has 33 heavy (non-hydrogen) atoms. The molecule has 0 aliphatic heterocycles. The fourth-order valence-electron chi connectivity index (χ4n) is 3.28. The first-order valence-corrected chi connectivity index (χ1v) is 10.7. The van der Waals surface area contributed by atoms with Crippen molar-refractivity contribution in [3.8, 4) is 0 Å². The molecule has 0 saturated heterocycles. The third-order valence-corrected chi connectivity index (χ3v) is 6.20. The highest BCUT2D eigenvalue weighted by molar-refractivity contribution is 6.48. The minimum Gasteiger partial charge on any atom is -0.448 e. The molecule has 0 spiro atoms. The molecular weight excluding hydrogens is 491 g/mol. The molecule has 1 N–H and O–H groups in total. The number of halogens is 3. The topological polar surface area (TPSA) is 102 Å². The summed E-state index contributed by atoms with van der Waals surface area (Å²) in [7, 11) is 0. The molecule has 1 unspecified atom stereocenters. The van der Waals surface area contributed by atoms with E-state index in [4.69, 9.17) is 39.5 Å². The number of amides is 1. The summed E-state index contributed by atoms with van der Waals surface area (Å²) in [6.07, 6.45) is -0.0976. The minimum atomic E-state index is -1.24. The zero-order chi connectivity index (χ0) is 23.9. The Morgan fingerprint density at radius 2 is 1.52 bits per heavy atom. The van der Waals surface area contributed by atoms with Crippen molar-refractivity contribution in [1.82, 2.24) is 4.98 Å². The van der Waals surface area contributed by atoms with Crippen molar-refractivity contribution in [1.29, 1.82) is 0 Å². The number of fused-ring (bicyclic) bond motifs is 2. The average molecular weight is 504 g/mol. The van der Waals surface area contributed by atoms with E-state index in [1.165, 1.54) is 25.1 Å². The van der Waals surface area contributed by atoms with Crippen molar-refractivity contribution in [2.75, 3.05) is 5.32 Å². The third-order valence-electron chi connectivity index (χ3n) is 4.96. The highest BCUT2D eigenvalue weighted by atomic mass is 35.5. The van der Waals surface area contributed by atoms with Crippen molar-refractivity contribution in [2.24, 2.45) is 0 Å². The predicted octanol–water partition coefficient (Wildman–Crippen LogP) is 5.00. The fraction of sp³-hybridized carbons (Fsp3) is 0.0870. The van der Waals surface area contributed by atoms with Crippen LogP contribution in [0.4, 0.5) is 5.69 Å². The van der Waals surface area contributed by atoms with Crippen molar-refractivity contribution >= 4 is 63.9 Å². The lowest BCUT2D eigenvalue weighted by atomic mass is 9.84. The second-order valence-corrected chi connectivity index (χ2v) is 8.25. The van der Waals surface area contributed by atoms with Crippen LogP contribution in [-0.2, 0) is 9.53 Å². The largest absolute Gasteiger partial charge is 0.448 e. The average Bonchev–Trinajstić information content (AvgIpc) is 2.81. The molecule has 166 valence electrons. The van der Waals surface area contributed by atoms with E-state index in [0.717, 1.165) is 6.20 Å². The SMILES string of the molecule is CC(OC(=O)c1ncc(Cl)c(Cl)c1Cl)C(=O)Nc1ccc2c(c1)C(=O)c1ccccc1C2=O. The van der Waals surface area contributed by atoms with Gasteiger partial charge in [-0.2, -0.15) is 0 Å². The number of nitrogens with zero attached hydrogens (tertiary/aromatic N) is 1. The number of aromatic nitrogens is 1. The molecule has 1 aliphatic rings. The molecule has 1 heterocycles. The lowest BCUT2D eigenvalue weighted by Gasteiger charge is -2.19. The van der Waals surface area contributed by atoms with Crippen LogP contribution in [0.15, 0.2) is 48.7 Å². The fourth-order valence-corrected chi connectivity index (χ4v) is 3.83. The van der Waals surface area contributed by atoms with Gasteiger partial charge in [0, 0.05) is 34.1 Å². The maximum atomic E-state index is 12.8. The van der Waals surface area contributed by atoms with E-state index < -0.39 is 18.0 Å². The summed E-state index contributed by atoms with van der Waals surface area (Å²) in [5.74, 6) is -2.24. The number of anilines is 1. The predicted molar refractivity (Wildman–Crippen MR) is 123 cm³/mol. The Morgan fingerprint density at radius 3 is 2.18 bits per heavy atom. The minimum absolute atomic E-state index is 0.0621. The first kappa shape index (κ1) is 22.9. The quantitative estimate of drug-likeness (QED) is 0.393. The number of ketones is 2. The summed E-state index contributed by atoms with van der Waals surface area (Å²) in [4.78, 5) is 54.2. The van der Waals surface area contributed by atoms with Crippen molar-refractivity contribution in [3.63, 3.8) is 0 Å². The number of hydrogen-bond donors (Lipinski definition) is 1. The normalized spacial score (nSPS) is 13.1. The van der Waals surface area contributed by atoms with Gasteiger partial charge in [0.2, 0.25) is 0 Å². The zero-order valence-electron chi connectivity index (χ0n) is 16.8. The number of carbonyl (C=O) groups is 4. The number of benzene rings is 2. The molecule has 2 aromatic carbocycles. The van der Waals surface area contributed by atoms with Gasteiger partial charge >= 0.3 is 5.97 Å². The Labute approximate surface area is 202 Å². The monoisotopic (exact) mass is 502 g/mol. The van der Waals surface area contributed by atoms with Crippen LogP contribution in [-0.4, -0.2) is 34.5 Å². The summed E-state index contributed by atoms with van der Waals surface area (Å²) < 4.78 is 5.12. The lowest BCUT2D eigenvalue weighted by Crippen LogP contribution is -2.30. The van der Waals surface area contributed by atoms with Gasteiger partial charge in [0.15, 0.2) is 23.4 Å². The Balaban J connectivity index is 1.50. The van der Waals surface area contributed by atoms with E-state index in [1.807, 2.05) is 0 Å².